The van der Waals surface area contributed by atoms with Crippen molar-refractivity contribution in [1.29, 1.82) is 0 Å². The molecule has 110 valence electrons. The number of hydrogen-bond acceptors (Lipinski definition) is 3. The van der Waals surface area contributed by atoms with Crippen LogP contribution in [-0.2, 0) is 0 Å². The molecule has 0 unspecified atom stereocenters. The van der Waals surface area contributed by atoms with Crippen LogP contribution in [0.25, 0.3) is 0 Å². The fourth-order valence-electron chi connectivity index (χ4n) is 3.62. The van der Waals surface area contributed by atoms with E-state index < -0.39 is 5.97 Å². The maximum atomic E-state index is 11.2. The van der Waals surface area contributed by atoms with Gasteiger partial charge < -0.3 is 10.4 Å². The highest BCUT2D eigenvalue weighted by Gasteiger charge is 2.38. The smallest absolute Gasteiger partial charge is 0.335 e. The number of nitrogens with zero attached hydrogens (tertiary/aromatic N) is 1. The number of aromatic carboxylic acids is 1. The summed E-state index contributed by atoms with van der Waals surface area (Å²) in [7, 11) is 0. The highest BCUT2D eigenvalue weighted by atomic mass is 16.4. The lowest BCUT2D eigenvalue weighted by Crippen LogP contribution is -2.29. The minimum atomic E-state index is -0.879. The van der Waals surface area contributed by atoms with Crippen LogP contribution in [0.4, 0.5) is 5.69 Å². The van der Waals surface area contributed by atoms with Crippen molar-refractivity contribution >= 4 is 11.7 Å². The molecule has 1 aromatic carbocycles. The van der Waals surface area contributed by atoms with Gasteiger partial charge in [-0.15, -0.1) is 0 Å². The molecule has 4 rings (SSSR count). The summed E-state index contributed by atoms with van der Waals surface area (Å²) in [6.45, 7) is 0. The quantitative estimate of drug-likeness (QED) is 0.830. The topological polar surface area (TPSA) is 62.2 Å². The molecule has 2 heterocycles. The highest BCUT2D eigenvalue weighted by Crippen LogP contribution is 2.49. The number of allylic oxidation sites excluding steroid dienone is 2. The molecule has 1 aliphatic carbocycles. The lowest BCUT2D eigenvalue weighted by molar-refractivity contribution is 0.0696. The predicted octanol–water partition coefficient (Wildman–Crippen LogP) is 3.61. The molecular weight excluding hydrogens is 276 g/mol. The Morgan fingerprint density at radius 2 is 2.23 bits per heavy atom. The summed E-state index contributed by atoms with van der Waals surface area (Å²) in [5.41, 5.74) is 3.62. The molecule has 0 saturated heterocycles. The molecule has 4 nitrogen and oxygen atoms in total. The molecule has 0 bridgehead atoms. The van der Waals surface area contributed by atoms with E-state index in [4.69, 9.17) is 0 Å². The standard InChI is InChI=1S/C18H16N2O2/c21-18(22)11-6-7-16-15(9-11)13-4-1-5-14(13)17(20-16)12-3-2-8-19-10-12/h1-4,6-10,13-14,17,20H,5H2,(H,21,22)/t13-,14+,17-/m1/s1. The Kier molecular flexibility index (Phi) is 2.96. The molecule has 2 aliphatic rings. The average molecular weight is 292 g/mol. The van der Waals surface area contributed by atoms with E-state index >= 15 is 0 Å². The molecule has 22 heavy (non-hydrogen) atoms. The lowest BCUT2D eigenvalue weighted by Gasteiger charge is -2.37. The van der Waals surface area contributed by atoms with Gasteiger partial charge in [0.25, 0.3) is 0 Å². The summed E-state index contributed by atoms with van der Waals surface area (Å²) in [6, 6.07) is 9.60. The predicted molar refractivity (Wildman–Crippen MR) is 84.0 cm³/mol. The second-order valence-corrected chi connectivity index (χ2v) is 5.87. The minimum Gasteiger partial charge on any atom is -0.478 e. The van der Waals surface area contributed by atoms with Crippen molar-refractivity contribution in [3.05, 3.63) is 71.6 Å². The van der Waals surface area contributed by atoms with E-state index in [0.29, 0.717) is 11.5 Å². The van der Waals surface area contributed by atoms with Crippen LogP contribution < -0.4 is 5.32 Å². The number of carboxylic acid groups (broad SMARTS) is 1. The van der Waals surface area contributed by atoms with Gasteiger partial charge in [-0.2, -0.15) is 0 Å². The first-order valence-electron chi connectivity index (χ1n) is 7.44. The lowest BCUT2D eigenvalue weighted by atomic mass is 9.77. The van der Waals surface area contributed by atoms with Gasteiger partial charge in [-0.25, -0.2) is 4.79 Å². The normalized spacial score (nSPS) is 25.2. The highest BCUT2D eigenvalue weighted by molar-refractivity contribution is 5.89. The van der Waals surface area contributed by atoms with Crippen LogP contribution in [0, 0.1) is 5.92 Å². The average Bonchev–Trinajstić information content (AvgIpc) is 3.04. The van der Waals surface area contributed by atoms with Gasteiger partial charge in [0, 0.05) is 24.0 Å². The number of carbonyl (C=O) groups is 1. The third-order valence-electron chi connectivity index (χ3n) is 4.65. The summed E-state index contributed by atoms with van der Waals surface area (Å²) in [5, 5.41) is 12.8. The zero-order valence-electron chi connectivity index (χ0n) is 11.9. The molecule has 2 aromatic rings. The third-order valence-corrected chi connectivity index (χ3v) is 4.65. The van der Waals surface area contributed by atoms with Crippen LogP contribution in [0.2, 0.25) is 0 Å². The fourth-order valence-corrected chi connectivity index (χ4v) is 3.62. The summed E-state index contributed by atoms with van der Waals surface area (Å²) in [5.74, 6) is -0.211. The number of anilines is 1. The van der Waals surface area contributed by atoms with Crippen molar-refractivity contribution in [3.63, 3.8) is 0 Å². The van der Waals surface area contributed by atoms with Gasteiger partial charge >= 0.3 is 5.97 Å². The van der Waals surface area contributed by atoms with E-state index in [-0.39, 0.29) is 12.0 Å². The van der Waals surface area contributed by atoms with Crippen molar-refractivity contribution in [3.8, 4) is 0 Å². The Morgan fingerprint density at radius 3 is 3.00 bits per heavy atom. The Labute approximate surface area is 128 Å². The Balaban J connectivity index is 1.79. The number of carboxylic acids is 1. The number of rotatable bonds is 2. The molecule has 1 aliphatic heterocycles. The minimum absolute atomic E-state index is 0.205. The van der Waals surface area contributed by atoms with E-state index in [1.165, 1.54) is 5.56 Å². The van der Waals surface area contributed by atoms with Gasteiger partial charge in [0.2, 0.25) is 0 Å². The maximum Gasteiger partial charge on any atom is 0.335 e. The number of pyridine rings is 1. The first kappa shape index (κ1) is 13.1. The summed E-state index contributed by atoms with van der Waals surface area (Å²) in [4.78, 5) is 15.4. The molecular formula is C18H16N2O2. The van der Waals surface area contributed by atoms with Crippen LogP contribution >= 0.6 is 0 Å². The monoisotopic (exact) mass is 292 g/mol. The molecule has 3 atom stereocenters. The van der Waals surface area contributed by atoms with E-state index in [2.05, 4.69) is 28.5 Å². The van der Waals surface area contributed by atoms with Crippen LogP contribution in [0.3, 0.4) is 0 Å². The van der Waals surface area contributed by atoms with Gasteiger partial charge in [-0.3, -0.25) is 4.98 Å². The van der Waals surface area contributed by atoms with Crippen molar-refractivity contribution in [1.82, 2.24) is 4.98 Å². The van der Waals surface area contributed by atoms with E-state index in [9.17, 15) is 9.90 Å². The molecule has 0 radical (unpaired) electrons. The van der Waals surface area contributed by atoms with Crippen molar-refractivity contribution in [2.24, 2.45) is 5.92 Å². The second-order valence-electron chi connectivity index (χ2n) is 5.87. The third kappa shape index (κ3) is 1.99. The van der Waals surface area contributed by atoms with Gasteiger partial charge in [0.1, 0.15) is 0 Å². The molecule has 0 amide bonds. The van der Waals surface area contributed by atoms with E-state index in [0.717, 1.165) is 17.7 Å². The van der Waals surface area contributed by atoms with Gasteiger partial charge in [0.05, 0.1) is 11.6 Å². The molecule has 1 aromatic heterocycles. The Bertz CT molecular complexity index is 755. The Hall–Kier alpha value is -2.62. The fraction of sp³-hybridized carbons (Fsp3) is 0.222. The summed E-state index contributed by atoms with van der Waals surface area (Å²) < 4.78 is 0. The van der Waals surface area contributed by atoms with Crippen LogP contribution in [0.1, 0.15) is 39.9 Å². The van der Waals surface area contributed by atoms with Crippen LogP contribution in [0.15, 0.2) is 54.9 Å². The van der Waals surface area contributed by atoms with Crippen molar-refractivity contribution < 1.29 is 9.90 Å². The zero-order valence-corrected chi connectivity index (χ0v) is 11.9. The van der Waals surface area contributed by atoms with E-state index in [1.807, 2.05) is 18.3 Å². The van der Waals surface area contributed by atoms with Gasteiger partial charge in [-0.05, 0) is 47.7 Å². The largest absolute Gasteiger partial charge is 0.478 e. The number of fused-ring (bicyclic) bond motifs is 3. The molecule has 2 N–H and O–H groups in total. The zero-order chi connectivity index (χ0) is 15.1. The van der Waals surface area contributed by atoms with Crippen LogP contribution in [0.5, 0.6) is 0 Å². The Morgan fingerprint density at radius 1 is 1.32 bits per heavy atom. The van der Waals surface area contributed by atoms with Crippen molar-refractivity contribution in [2.75, 3.05) is 5.32 Å². The number of hydrogen-bond donors (Lipinski definition) is 2. The number of benzene rings is 1. The molecule has 0 saturated carbocycles. The second kappa shape index (κ2) is 4.98. The van der Waals surface area contributed by atoms with Crippen LogP contribution in [-0.4, -0.2) is 16.1 Å². The first-order valence-corrected chi connectivity index (χ1v) is 7.44. The van der Waals surface area contributed by atoms with Gasteiger partial charge in [0.15, 0.2) is 0 Å². The van der Waals surface area contributed by atoms with Gasteiger partial charge in [-0.1, -0.05) is 18.2 Å². The SMILES string of the molecule is O=C(O)c1ccc2c(c1)[C@@H]1C=CC[C@@H]1[C@@H](c1cccnc1)N2. The number of aromatic nitrogens is 1. The van der Waals surface area contributed by atoms with E-state index in [1.54, 1.807) is 18.3 Å². The first-order chi connectivity index (χ1) is 10.7. The summed E-state index contributed by atoms with van der Waals surface area (Å²) >= 11 is 0. The number of nitrogens with one attached hydrogen (secondary N) is 1. The molecule has 4 heteroatoms. The molecule has 0 spiro atoms. The maximum absolute atomic E-state index is 11.2. The van der Waals surface area contributed by atoms with Crippen molar-refractivity contribution in [2.45, 2.75) is 18.4 Å². The molecule has 0 fully saturated rings. The summed E-state index contributed by atoms with van der Waals surface area (Å²) in [6.07, 6.45) is 9.09.